The Hall–Kier alpha value is -2.22. The van der Waals surface area contributed by atoms with E-state index in [1.807, 2.05) is 31.2 Å². The number of aliphatic imine (C=N–C) groups is 1. The minimum absolute atomic E-state index is 0.740. The number of hydrogen-bond acceptors (Lipinski definition) is 2. The molecule has 0 aliphatic heterocycles. The van der Waals surface area contributed by atoms with Crippen LogP contribution in [-0.2, 0) is 0 Å². The molecule has 0 aliphatic carbocycles. The average Bonchev–Trinajstić information content (AvgIpc) is 2.40. The average molecular weight is 236 g/mol. The first-order valence-electron chi connectivity index (χ1n) is 5.89. The highest BCUT2D eigenvalue weighted by atomic mass is 14.8. The van der Waals surface area contributed by atoms with Crippen LogP contribution in [0.4, 0.5) is 0 Å². The summed E-state index contributed by atoms with van der Waals surface area (Å²) >= 11 is 0. The number of aromatic nitrogens is 1. The molecule has 0 amide bonds. The fourth-order valence-corrected chi connectivity index (χ4v) is 1.84. The van der Waals surface area contributed by atoms with E-state index in [1.165, 1.54) is 5.56 Å². The zero-order valence-corrected chi connectivity index (χ0v) is 10.7. The normalized spacial score (nSPS) is 11.3. The van der Waals surface area contributed by atoms with Crippen molar-refractivity contribution in [3.05, 3.63) is 72.1 Å². The molecule has 0 spiro atoms. The Bertz CT molecular complexity index is 583. The zero-order valence-electron chi connectivity index (χ0n) is 10.7. The van der Waals surface area contributed by atoms with Crippen molar-refractivity contribution in [3.63, 3.8) is 0 Å². The van der Waals surface area contributed by atoms with Crippen LogP contribution in [0.5, 0.6) is 0 Å². The van der Waals surface area contributed by atoms with E-state index in [2.05, 4.69) is 35.6 Å². The van der Waals surface area contributed by atoms with E-state index in [9.17, 15) is 0 Å². The first-order chi connectivity index (χ1) is 8.68. The van der Waals surface area contributed by atoms with Gasteiger partial charge in [0.25, 0.3) is 0 Å². The van der Waals surface area contributed by atoms with Gasteiger partial charge < -0.3 is 0 Å². The van der Waals surface area contributed by atoms with E-state index >= 15 is 0 Å². The lowest BCUT2D eigenvalue weighted by atomic mass is 10.1. The first-order valence-corrected chi connectivity index (χ1v) is 5.89. The molecular formula is C16H16N2. The number of pyridine rings is 1. The predicted octanol–water partition coefficient (Wildman–Crippen LogP) is 3.87. The minimum Gasteiger partial charge on any atom is -0.264 e. The summed E-state index contributed by atoms with van der Waals surface area (Å²) in [4.78, 5) is 8.63. The summed E-state index contributed by atoms with van der Waals surface area (Å²) in [5, 5.41) is 0. The van der Waals surface area contributed by atoms with Crippen LogP contribution in [-0.4, -0.2) is 10.7 Å². The summed E-state index contributed by atoms with van der Waals surface area (Å²) in [6, 6.07) is 12.1. The Balaban J connectivity index is 2.30. The molecule has 0 bridgehead atoms. The molecule has 1 heterocycles. The van der Waals surface area contributed by atoms with E-state index < -0.39 is 0 Å². The smallest absolute Gasteiger partial charge is 0.0649 e. The maximum absolute atomic E-state index is 4.56. The molecule has 0 fully saturated rings. The third kappa shape index (κ3) is 2.72. The lowest BCUT2D eigenvalue weighted by Crippen LogP contribution is -1.98. The van der Waals surface area contributed by atoms with Crippen molar-refractivity contribution in [2.75, 3.05) is 0 Å². The van der Waals surface area contributed by atoms with Crippen LogP contribution in [0.25, 0.3) is 5.70 Å². The molecule has 0 unspecified atom stereocenters. The quantitative estimate of drug-likeness (QED) is 0.743. The number of rotatable bonds is 3. The van der Waals surface area contributed by atoms with E-state index in [0.717, 1.165) is 22.5 Å². The van der Waals surface area contributed by atoms with Gasteiger partial charge in [-0.25, -0.2) is 0 Å². The van der Waals surface area contributed by atoms with Gasteiger partial charge in [-0.1, -0.05) is 30.8 Å². The maximum Gasteiger partial charge on any atom is 0.0649 e. The molecule has 0 radical (unpaired) electrons. The van der Waals surface area contributed by atoms with Gasteiger partial charge in [0, 0.05) is 23.7 Å². The molecule has 2 rings (SSSR count). The molecule has 0 atom stereocenters. The van der Waals surface area contributed by atoms with Gasteiger partial charge in [-0.05, 0) is 37.1 Å². The van der Waals surface area contributed by atoms with Crippen LogP contribution in [0.2, 0.25) is 0 Å². The van der Waals surface area contributed by atoms with Gasteiger partial charge in [-0.3, -0.25) is 9.98 Å². The molecule has 2 aromatic rings. The van der Waals surface area contributed by atoms with Crippen molar-refractivity contribution in [1.29, 1.82) is 0 Å². The number of aryl methyl sites for hydroxylation is 1. The highest BCUT2D eigenvalue weighted by molar-refractivity contribution is 6.02. The predicted molar refractivity (Wildman–Crippen MR) is 76.7 cm³/mol. The van der Waals surface area contributed by atoms with Crippen molar-refractivity contribution in [2.45, 2.75) is 13.8 Å². The Morgan fingerprint density at radius 1 is 1.17 bits per heavy atom. The number of hydrogen-bond donors (Lipinski definition) is 0. The Morgan fingerprint density at radius 3 is 2.61 bits per heavy atom. The Labute approximate surface area is 108 Å². The van der Waals surface area contributed by atoms with Crippen LogP contribution < -0.4 is 0 Å². The van der Waals surface area contributed by atoms with Gasteiger partial charge in [0.2, 0.25) is 0 Å². The fraction of sp³-hybridized carbons (Fsp3) is 0.125. The molecule has 2 heteroatoms. The lowest BCUT2D eigenvalue weighted by Gasteiger charge is -2.06. The second-order valence-corrected chi connectivity index (χ2v) is 4.20. The Morgan fingerprint density at radius 2 is 1.94 bits per heavy atom. The first kappa shape index (κ1) is 12.2. The van der Waals surface area contributed by atoms with Crippen LogP contribution >= 0.6 is 0 Å². The molecule has 0 N–H and O–H groups in total. The second-order valence-electron chi connectivity index (χ2n) is 4.20. The van der Waals surface area contributed by atoms with E-state index in [1.54, 1.807) is 12.4 Å². The van der Waals surface area contributed by atoms with Crippen LogP contribution in [0.15, 0.2) is 60.4 Å². The largest absolute Gasteiger partial charge is 0.264 e. The highest BCUT2D eigenvalue weighted by Gasteiger charge is 2.02. The Kier molecular flexibility index (Phi) is 3.68. The SMILES string of the molecule is C=C(/N=C(/C)c1ccccc1C)c1cccnc1. The second kappa shape index (κ2) is 5.41. The van der Waals surface area contributed by atoms with Gasteiger partial charge in [-0.2, -0.15) is 0 Å². The summed E-state index contributed by atoms with van der Waals surface area (Å²) in [5.74, 6) is 0. The molecule has 18 heavy (non-hydrogen) atoms. The van der Waals surface area contributed by atoms with E-state index in [0.29, 0.717) is 0 Å². The van der Waals surface area contributed by atoms with Crippen molar-refractivity contribution in [2.24, 2.45) is 4.99 Å². The van der Waals surface area contributed by atoms with Crippen molar-refractivity contribution < 1.29 is 0 Å². The van der Waals surface area contributed by atoms with Gasteiger partial charge in [0.15, 0.2) is 0 Å². The number of nitrogens with zero attached hydrogens (tertiary/aromatic N) is 2. The summed E-state index contributed by atoms with van der Waals surface area (Å²) in [6.07, 6.45) is 3.52. The van der Waals surface area contributed by atoms with Gasteiger partial charge >= 0.3 is 0 Å². The number of benzene rings is 1. The lowest BCUT2D eigenvalue weighted by molar-refractivity contribution is 1.30. The maximum atomic E-state index is 4.56. The zero-order chi connectivity index (χ0) is 13.0. The standard InChI is InChI=1S/C16H16N2/c1-12-7-4-5-9-16(12)14(3)18-13(2)15-8-6-10-17-11-15/h4-11H,2H2,1,3H3/b18-14-. The topological polar surface area (TPSA) is 25.2 Å². The van der Waals surface area contributed by atoms with Crippen LogP contribution in [0.3, 0.4) is 0 Å². The summed E-state index contributed by atoms with van der Waals surface area (Å²) in [6.45, 7) is 8.08. The van der Waals surface area contributed by atoms with Crippen LogP contribution in [0.1, 0.15) is 23.6 Å². The third-order valence-corrected chi connectivity index (χ3v) is 2.83. The molecule has 2 nitrogen and oxygen atoms in total. The molecular weight excluding hydrogens is 220 g/mol. The van der Waals surface area contributed by atoms with Crippen molar-refractivity contribution >= 4 is 11.4 Å². The molecule has 90 valence electrons. The summed E-state index contributed by atoms with van der Waals surface area (Å²) in [7, 11) is 0. The molecule has 1 aromatic heterocycles. The van der Waals surface area contributed by atoms with E-state index in [4.69, 9.17) is 0 Å². The van der Waals surface area contributed by atoms with Gasteiger partial charge in [0.1, 0.15) is 0 Å². The van der Waals surface area contributed by atoms with Crippen molar-refractivity contribution in [3.8, 4) is 0 Å². The van der Waals surface area contributed by atoms with Crippen molar-refractivity contribution in [1.82, 2.24) is 4.98 Å². The molecule has 1 aromatic carbocycles. The molecule has 0 aliphatic rings. The third-order valence-electron chi connectivity index (χ3n) is 2.83. The molecule has 0 saturated carbocycles. The van der Waals surface area contributed by atoms with Gasteiger partial charge in [0.05, 0.1) is 5.70 Å². The van der Waals surface area contributed by atoms with E-state index in [-0.39, 0.29) is 0 Å². The summed E-state index contributed by atoms with van der Waals surface area (Å²) < 4.78 is 0. The highest BCUT2D eigenvalue weighted by Crippen LogP contribution is 2.15. The summed E-state index contributed by atoms with van der Waals surface area (Å²) in [5.41, 5.74) is 5.04. The van der Waals surface area contributed by atoms with Gasteiger partial charge in [-0.15, -0.1) is 0 Å². The minimum atomic E-state index is 0.740. The van der Waals surface area contributed by atoms with Crippen LogP contribution in [0, 0.1) is 6.92 Å². The molecule has 0 saturated heterocycles. The fourth-order valence-electron chi connectivity index (χ4n) is 1.84. The monoisotopic (exact) mass is 236 g/mol.